The van der Waals surface area contributed by atoms with Crippen LogP contribution in [0.5, 0.6) is 0 Å². The van der Waals surface area contributed by atoms with Gasteiger partial charge >= 0.3 is 6.03 Å². The number of benzene rings is 2. The van der Waals surface area contributed by atoms with E-state index in [0.717, 1.165) is 36.3 Å². The first kappa shape index (κ1) is 19.7. The van der Waals surface area contributed by atoms with E-state index in [9.17, 15) is 9.90 Å². The van der Waals surface area contributed by atoms with E-state index < -0.39 is 0 Å². The first-order chi connectivity index (χ1) is 13.1. The molecule has 5 heteroatoms. The van der Waals surface area contributed by atoms with Crippen molar-refractivity contribution in [3.8, 4) is 0 Å². The van der Waals surface area contributed by atoms with Gasteiger partial charge in [0.1, 0.15) is 0 Å². The quantitative estimate of drug-likeness (QED) is 0.790. The van der Waals surface area contributed by atoms with Gasteiger partial charge in [0.25, 0.3) is 0 Å². The standard InChI is InChI=1S/C22H27ClN2O2/c23-20-9-5-4-8-19(20)16-22(17-26)11-14-25(15-12-22)21(27)24-13-10-18-6-2-1-3-7-18/h1-9,26H,10-17H2,(H,24,27). The Labute approximate surface area is 166 Å². The fourth-order valence-electron chi connectivity index (χ4n) is 3.69. The summed E-state index contributed by atoms with van der Waals surface area (Å²) in [5, 5.41) is 13.8. The molecule has 0 aliphatic carbocycles. The zero-order valence-corrected chi connectivity index (χ0v) is 16.3. The van der Waals surface area contributed by atoms with Crippen molar-refractivity contribution in [1.82, 2.24) is 10.2 Å². The van der Waals surface area contributed by atoms with Crippen molar-refractivity contribution in [3.63, 3.8) is 0 Å². The number of rotatable bonds is 6. The maximum absolute atomic E-state index is 12.4. The van der Waals surface area contributed by atoms with Crippen molar-refractivity contribution < 1.29 is 9.90 Å². The van der Waals surface area contributed by atoms with E-state index in [1.807, 2.05) is 47.4 Å². The lowest BCUT2D eigenvalue weighted by atomic mass is 9.74. The van der Waals surface area contributed by atoms with E-state index in [4.69, 9.17) is 11.6 Å². The maximum Gasteiger partial charge on any atom is 0.317 e. The Kier molecular flexibility index (Phi) is 6.75. The molecule has 1 heterocycles. The van der Waals surface area contributed by atoms with E-state index in [2.05, 4.69) is 17.4 Å². The Morgan fingerprint density at radius 3 is 2.41 bits per heavy atom. The number of urea groups is 1. The SMILES string of the molecule is O=C(NCCc1ccccc1)N1CCC(CO)(Cc2ccccc2Cl)CC1. The molecule has 2 amide bonds. The third-order valence-electron chi connectivity index (χ3n) is 5.50. The minimum absolute atomic E-state index is 0.0183. The minimum atomic E-state index is -0.203. The Balaban J connectivity index is 1.49. The molecule has 1 fully saturated rings. The van der Waals surface area contributed by atoms with Gasteiger partial charge in [-0.2, -0.15) is 0 Å². The predicted octanol–water partition coefficient (Wildman–Crippen LogP) is 3.91. The van der Waals surface area contributed by atoms with Crippen LogP contribution in [0.25, 0.3) is 0 Å². The molecular formula is C22H27ClN2O2. The third-order valence-corrected chi connectivity index (χ3v) is 5.87. The maximum atomic E-state index is 12.4. The molecule has 144 valence electrons. The number of nitrogens with one attached hydrogen (secondary N) is 1. The number of piperidine rings is 1. The summed E-state index contributed by atoms with van der Waals surface area (Å²) < 4.78 is 0. The van der Waals surface area contributed by atoms with E-state index in [1.165, 1.54) is 5.56 Å². The van der Waals surface area contributed by atoms with Crippen LogP contribution in [0.4, 0.5) is 4.79 Å². The van der Waals surface area contributed by atoms with E-state index in [1.54, 1.807) is 0 Å². The van der Waals surface area contributed by atoms with Crippen LogP contribution in [0.15, 0.2) is 54.6 Å². The zero-order chi connectivity index (χ0) is 19.1. The Bertz CT molecular complexity index is 743. The monoisotopic (exact) mass is 386 g/mol. The lowest BCUT2D eigenvalue weighted by molar-refractivity contribution is 0.0553. The number of aliphatic hydroxyl groups is 1. The number of aliphatic hydroxyl groups excluding tert-OH is 1. The van der Waals surface area contributed by atoms with Crippen molar-refractivity contribution in [2.24, 2.45) is 5.41 Å². The van der Waals surface area contributed by atoms with Crippen LogP contribution in [0, 0.1) is 5.41 Å². The fourth-order valence-corrected chi connectivity index (χ4v) is 3.89. The van der Waals surface area contributed by atoms with Gasteiger partial charge in [-0.05, 0) is 42.9 Å². The number of halogens is 1. The number of amides is 2. The molecule has 3 rings (SSSR count). The number of nitrogens with zero attached hydrogens (tertiary/aromatic N) is 1. The molecule has 4 nitrogen and oxygen atoms in total. The lowest BCUT2D eigenvalue weighted by Crippen LogP contribution is -2.49. The fraction of sp³-hybridized carbons (Fsp3) is 0.409. The number of carbonyl (C=O) groups excluding carboxylic acids is 1. The van der Waals surface area contributed by atoms with Crippen molar-refractivity contribution in [2.75, 3.05) is 26.2 Å². The van der Waals surface area contributed by atoms with Crippen molar-refractivity contribution in [1.29, 1.82) is 0 Å². The normalized spacial score (nSPS) is 16.1. The molecule has 27 heavy (non-hydrogen) atoms. The number of hydrogen-bond donors (Lipinski definition) is 2. The summed E-state index contributed by atoms with van der Waals surface area (Å²) >= 11 is 6.29. The molecule has 0 aromatic heterocycles. The van der Waals surface area contributed by atoms with Crippen LogP contribution < -0.4 is 5.32 Å². The van der Waals surface area contributed by atoms with Gasteiger partial charge in [-0.3, -0.25) is 0 Å². The molecule has 1 aliphatic rings. The highest BCUT2D eigenvalue weighted by atomic mass is 35.5. The van der Waals surface area contributed by atoms with Gasteiger partial charge in [0, 0.05) is 36.7 Å². The second-order valence-electron chi connectivity index (χ2n) is 7.38. The van der Waals surface area contributed by atoms with Gasteiger partial charge in [-0.1, -0.05) is 60.1 Å². The number of hydrogen-bond acceptors (Lipinski definition) is 2. The lowest BCUT2D eigenvalue weighted by Gasteiger charge is -2.41. The summed E-state index contributed by atoms with van der Waals surface area (Å²) in [6, 6.07) is 17.9. The van der Waals surface area contributed by atoms with Crippen LogP contribution in [0.2, 0.25) is 5.02 Å². The summed E-state index contributed by atoms with van der Waals surface area (Å²) in [6.07, 6.45) is 3.13. The first-order valence-electron chi connectivity index (χ1n) is 9.53. The van der Waals surface area contributed by atoms with Gasteiger partial charge in [-0.15, -0.1) is 0 Å². The summed E-state index contributed by atoms with van der Waals surface area (Å²) in [5.41, 5.74) is 2.08. The molecular weight excluding hydrogens is 360 g/mol. The minimum Gasteiger partial charge on any atom is -0.396 e. The summed E-state index contributed by atoms with van der Waals surface area (Å²) in [5.74, 6) is 0. The molecule has 0 bridgehead atoms. The van der Waals surface area contributed by atoms with Crippen LogP contribution in [-0.2, 0) is 12.8 Å². The van der Waals surface area contributed by atoms with Crippen LogP contribution in [-0.4, -0.2) is 42.3 Å². The number of likely N-dealkylation sites (tertiary alicyclic amines) is 1. The van der Waals surface area contributed by atoms with Crippen molar-refractivity contribution >= 4 is 17.6 Å². The highest BCUT2D eigenvalue weighted by Gasteiger charge is 2.36. The highest BCUT2D eigenvalue weighted by Crippen LogP contribution is 2.36. The van der Waals surface area contributed by atoms with Crippen LogP contribution >= 0.6 is 11.6 Å². The average molecular weight is 387 g/mol. The van der Waals surface area contributed by atoms with E-state index >= 15 is 0 Å². The molecule has 2 aromatic carbocycles. The predicted molar refractivity (Wildman–Crippen MR) is 109 cm³/mol. The molecule has 0 saturated carbocycles. The second kappa shape index (κ2) is 9.25. The largest absolute Gasteiger partial charge is 0.396 e. The van der Waals surface area contributed by atoms with Gasteiger partial charge in [0.15, 0.2) is 0 Å². The van der Waals surface area contributed by atoms with Gasteiger partial charge in [-0.25, -0.2) is 4.79 Å². The van der Waals surface area contributed by atoms with Gasteiger partial charge in [0.05, 0.1) is 0 Å². The molecule has 0 radical (unpaired) electrons. The summed E-state index contributed by atoms with van der Waals surface area (Å²) in [6.45, 7) is 2.05. The first-order valence-corrected chi connectivity index (χ1v) is 9.91. The van der Waals surface area contributed by atoms with Crippen molar-refractivity contribution in [3.05, 3.63) is 70.7 Å². The van der Waals surface area contributed by atoms with Crippen LogP contribution in [0.1, 0.15) is 24.0 Å². The van der Waals surface area contributed by atoms with Crippen LogP contribution in [0.3, 0.4) is 0 Å². The third kappa shape index (κ3) is 5.24. The average Bonchev–Trinajstić information content (AvgIpc) is 2.71. The van der Waals surface area contributed by atoms with Gasteiger partial charge < -0.3 is 15.3 Å². The zero-order valence-electron chi connectivity index (χ0n) is 15.5. The molecule has 0 atom stereocenters. The molecule has 1 saturated heterocycles. The van der Waals surface area contributed by atoms with E-state index in [-0.39, 0.29) is 18.1 Å². The molecule has 1 aliphatic heterocycles. The Hall–Kier alpha value is -2.04. The molecule has 0 unspecified atom stereocenters. The van der Waals surface area contributed by atoms with Gasteiger partial charge in [0.2, 0.25) is 0 Å². The highest BCUT2D eigenvalue weighted by molar-refractivity contribution is 6.31. The molecule has 2 N–H and O–H groups in total. The van der Waals surface area contributed by atoms with Crippen molar-refractivity contribution in [2.45, 2.75) is 25.7 Å². The summed E-state index contributed by atoms with van der Waals surface area (Å²) in [7, 11) is 0. The molecule has 0 spiro atoms. The Morgan fingerprint density at radius 2 is 1.74 bits per heavy atom. The second-order valence-corrected chi connectivity index (χ2v) is 7.79. The Morgan fingerprint density at radius 1 is 1.07 bits per heavy atom. The topological polar surface area (TPSA) is 52.6 Å². The molecule has 2 aromatic rings. The van der Waals surface area contributed by atoms with E-state index in [0.29, 0.717) is 19.6 Å². The summed E-state index contributed by atoms with van der Waals surface area (Å²) in [4.78, 5) is 14.3. The number of carbonyl (C=O) groups is 1. The smallest absolute Gasteiger partial charge is 0.317 e.